The summed E-state index contributed by atoms with van der Waals surface area (Å²) in [5.74, 6) is -0.163. The largest absolute Gasteiger partial charge is 0.507 e. The van der Waals surface area contributed by atoms with Crippen molar-refractivity contribution in [2.75, 3.05) is 0 Å². The van der Waals surface area contributed by atoms with Crippen molar-refractivity contribution in [2.24, 2.45) is 0 Å². The lowest BCUT2D eigenvalue weighted by Crippen LogP contribution is -2.00. The molecule has 4 aromatic rings. The van der Waals surface area contributed by atoms with Gasteiger partial charge in [-0.1, -0.05) is 72.8 Å². The second kappa shape index (κ2) is 10.4. The molecule has 31 heavy (non-hydrogen) atoms. The smallest absolute Gasteiger partial charge is 0.339 e. The molecule has 2 N–H and O–H groups in total. The molecule has 0 amide bonds. The highest BCUT2D eigenvalue weighted by molar-refractivity contribution is 6.10. The van der Waals surface area contributed by atoms with Crippen LogP contribution in [0.25, 0.3) is 0 Å². The molecule has 0 heterocycles. The Morgan fingerprint density at radius 2 is 1.13 bits per heavy atom. The van der Waals surface area contributed by atoms with Gasteiger partial charge in [-0.15, -0.1) is 0 Å². The van der Waals surface area contributed by atoms with Crippen molar-refractivity contribution in [3.63, 3.8) is 0 Å². The maximum Gasteiger partial charge on any atom is 0.339 e. The highest BCUT2D eigenvalue weighted by atomic mass is 16.5. The minimum Gasteiger partial charge on any atom is -0.507 e. The minimum absolute atomic E-state index is 0.0198. The molecule has 0 bridgehead atoms. The van der Waals surface area contributed by atoms with Crippen LogP contribution in [-0.2, 0) is 0 Å². The van der Waals surface area contributed by atoms with Crippen molar-refractivity contribution in [2.45, 2.75) is 0 Å². The van der Waals surface area contributed by atoms with Gasteiger partial charge in [0, 0.05) is 5.56 Å². The predicted molar refractivity (Wildman–Crippen MR) is 118 cm³/mol. The molecule has 0 aliphatic carbocycles. The monoisotopic (exact) mass is 412 g/mol. The second-order valence-corrected chi connectivity index (χ2v) is 6.43. The molecule has 0 aromatic heterocycles. The number of carbonyl (C=O) groups excluding carboxylic acids is 1. The molecule has 4 aromatic carbocycles. The Kier molecular flexibility index (Phi) is 7.16. The zero-order valence-electron chi connectivity index (χ0n) is 16.5. The number of aromatic hydroxyl groups is 1. The quantitative estimate of drug-likeness (QED) is 0.405. The van der Waals surface area contributed by atoms with Crippen LogP contribution in [0, 0.1) is 0 Å². The molecule has 5 nitrogen and oxygen atoms in total. The Balaban J connectivity index is 0.000000176. The van der Waals surface area contributed by atoms with Gasteiger partial charge in [-0.05, 0) is 36.4 Å². The fraction of sp³-hybridized carbons (Fsp3) is 0. The first-order valence-corrected chi connectivity index (χ1v) is 9.49. The molecule has 0 fully saturated rings. The Hall–Kier alpha value is -4.38. The van der Waals surface area contributed by atoms with Crippen LogP contribution in [0.15, 0.2) is 109 Å². The Morgan fingerprint density at radius 1 is 0.613 bits per heavy atom. The third-order valence-electron chi connectivity index (χ3n) is 4.27. The normalized spacial score (nSPS) is 9.81. The first kappa shape index (κ1) is 21.3. The number of phenols is 1. The van der Waals surface area contributed by atoms with E-state index in [2.05, 4.69) is 0 Å². The number of rotatable bonds is 5. The number of para-hydroxylation sites is 3. The average Bonchev–Trinajstić information content (AvgIpc) is 2.81. The topological polar surface area (TPSA) is 83.8 Å². The number of aromatic carboxylic acids is 1. The zero-order chi connectivity index (χ0) is 22.1. The number of hydrogen-bond acceptors (Lipinski definition) is 4. The minimum atomic E-state index is -0.994. The van der Waals surface area contributed by atoms with Gasteiger partial charge in [0.1, 0.15) is 22.8 Å². The first-order chi connectivity index (χ1) is 15.1. The lowest BCUT2D eigenvalue weighted by Gasteiger charge is -2.07. The van der Waals surface area contributed by atoms with E-state index in [0.29, 0.717) is 22.6 Å². The SMILES string of the molecule is O=C(O)c1ccccc1Oc1ccccc1.O=C(c1ccccc1)c1ccccc1O. The van der Waals surface area contributed by atoms with Crippen molar-refractivity contribution >= 4 is 11.8 Å². The molecule has 0 saturated carbocycles. The summed E-state index contributed by atoms with van der Waals surface area (Å²) < 4.78 is 5.49. The number of carboxylic acids is 1. The molecule has 0 atom stereocenters. The van der Waals surface area contributed by atoms with Gasteiger partial charge in [0.15, 0.2) is 5.78 Å². The summed E-state index contributed by atoms with van der Waals surface area (Å²) in [5.41, 5.74) is 1.08. The highest BCUT2D eigenvalue weighted by Gasteiger charge is 2.12. The van der Waals surface area contributed by atoms with E-state index in [9.17, 15) is 14.7 Å². The molecule has 0 aliphatic heterocycles. The average molecular weight is 412 g/mol. The van der Waals surface area contributed by atoms with Gasteiger partial charge in [0.25, 0.3) is 0 Å². The van der Waals surface area contributed by atoms with E-state index in [1.807, 2.05) is 24.3 Å². The van der Waals surface area contributed by atoms with E-state index in [4.69, 9.17) is 9.84 Å². The van der Waals surface area contributed by atoms with Crippen LogP contribution in [0.1, 0.15) is 26.3 Å². The fourth-order valence-electron chi connectivity index (χ4n) is 2.76. The van der Waals surface area contributed by atoms with E-state index in [-0.39, 0.29) is 17.1 Å². The van der Waals surface area contributed by atoms with Gasteiger partial charge < -0.3 is 14.9 Å². The Labute approximate surface area is 179 Å². The van der Waals surface area contributed by atoms with Crippen LogP contribution < -0.4 is 4.74 Å². The maximum absolute atomic E-state index is 11.9. The molecule has 154 valence electrons. The van der Waals surface area contributed by atoms with Crippen LogP contribution in [0.2, 0.25) is 0 Å². The molecular weight excluding hydrogens is 392 g/mol. The summed E-state index contributed by atoms with van der Waals surface area (Å²) in [6.07, 6.45) is 0. The van der Waals surface area contributed by atoms with Crippen LogP contribution >= 0.6 is 0 Å². The molecule has 0 unspecified atom stereocenters. The molecule has 0 aliphatic rings. The van der Waals surface area contributed by atoms with Crippen LogP contribution in [0.3, 0.4) is 0 Å². The van der Waals surface area contributed by atoms with E-state index >= 15 is 0 Å². The fourth-order valence-corrected chi connectivity index (χ4v) is 2.76. The zero-order valence-corrected chi connectivity index (χ0v) is 16.5. The van der Waals surface area contributed by atoms with Crippen LogP contribution in [0.5, 0.6) is 17.2 Å². The molecule has 0 spiro atoms. The molecule has 4 rings (SSSR count). The number of phenolic OH excluding ortho intramolecular Hbond substituents is 1. The van der Waals surface area contributed by atoms with Crippen molar-refractivity contribution in [1.82, 2.24) is 0 Å². The Morgan fingerprint density at radius 3 is 1.74 bits per heavy atom. The summed E-state index contributed by atoms with van der Waals surface area (Å²) in [7, 11) is 0. The van der Waals surface area contributed by atoms with Gasteiger partial charge in [-0.3, -0.25) is 4.79 Å². The molecule has 5 heteroatoms. The van der Waals surface area contributed by atoms with Crippen molar-refractivity contribution in [1.29, 1.82) is 0 Å². The number of carboxylic acid groups (broad SMARTS) is 1. The number of carbonyl (C=O) groups is 2. The summed E-state index contributed by atoms with van der Waals surface area (Å²) >= 11 is 0. The van der Waals surface area contributed by atoms with Gasteiger partial charge in [0.2, 0.25) is 0 Å². The standard InChI is InChI=1S/C13H10O3.C13H10O2/c14-13(15)11-8-4-5-9-12(11)16-10-6-2-1-3-7-10;14-12-9-5-4-8-11(12)13(15)10-6-2-1-3-7-10/h1-9H,(H,14,15);1-9,14H. The van der Waals surface area contributed by atoms with Crippen LogP contribution in [0.4, 0.5) is 0 Å². The van der Waals surface area contributed by atoms with E-state index in [1.54, 1.807) is 72.8 Å². The lowest BCUT2D eigenvalue weighted by molar-refractivity contribution is 0.0694. The van der Waals surface area contributed by atoms with E-state index in [0.717, 1.165) is 0 Å². The number of hydrogen-bond donors (Lipinski definition) is 2. The third-order valence-corrected chi connectivity index (χ3v) is 4.27. The summed E-state index contributed by atoms with van der Waals surface area (Å²) in [4.78, 5) is 22.8. The summed E-state index contributed by atoms with van der Waals surface area (Å²) in [5, 5.41) is 18.5. The van der Waals surface area contributed by atoms with Crippen molar-refractivity contribution in [3.8, 4) is 17.2 Å². The van der Waals surface area contributed by atoms with Gasteiger partial charge in [0.05, 0.1) is 5.56 Å². The number of ether oxygens (including phenoxy) is 1. The van der Waals surface area contributed by atoms with E-state index in [1.165, 1.54) is 12.1 Å². The van der Waals surface area contributed by atoms with Crippen molar-refractivity contribution < 1.29 is 24.5 Å². The predicted octanol–water partition coefficient (Wildman–Crippen LogP) is 5.80. The van der Waals surface area contributed by atoms with E-state index < -0.39 is 5.97 Å². The second-order valence-electron chi connectivity index (χ2n) is 6.43. The maximum atomic E-state index is 11.9. The third kappa shape index (κ3) is 5.81. The number of ketones is 1. The lowest BCUT2D eigenvalue weighted by atomic mass is 10.0. The number of benzene rings is 4. The first-order valence-electron chi connectivity index (χ1n) is 9.49. The summed E-state index contributed by atoms with van der Waals surface area (Å²) in [6, 6.07) is 31.1. The molecule has 0 radical (unpaired) electrons. The Bertz CT molecular complexity index is 1150. The van der Waals surface area contributed by atoms with Crippen molar-refractivity contribution in [3.05, 3.63) is 126 Å². The molecule has 0 saturated heterocycles. The van der Waals surface area contributed by atoms with Gasteiger partial charge in [-0.2, -0.15) is 0 Å². The van der Waals surface area contributed by atoms with Gasteiger partial charge in [-0.25, -0.2) is 4.79 Å². The van der Waals surface area contributed by atoms with Crippen LogP contribution in [-0.4, -0.2) is 22.0 Å². The summed E-state index contributed by atoms with van der Waals surface area (Å²) in [6.45, 7) is 0. The highest BCUT2D eigenvalue weighted by Crippen LogP contribution is 2.24. The van der Waals surface area contributed by atoms with Gasteiger partial charge >= 0.3 is 5.97 Å². The molecular formula is C26H20O5.